The predicted octanol–water partition coefficient (Wildman–Crippen LogP) is 3.80. The topological polar surface area (TPSA) is 61.0 Å². The number of nitrogen functional groups attached to an aromatic ring is 1. The maximum absolute atomic E-state index is 5.73. The lowest BCUT2D eigenvalue weighted by Gasteiger charge is -2.19. The van der Waals surface area contributed by atoms with E-state index in [4.69, 9.17) is 22.1 Å². The largest absolute Gasteiger partial charge is 0.437 e. The quantitative estimate of drug-likeness (QED) is 0.848. The standard InChI is InChI=1S/C14H16ClN3O/c1-14(2,3)9-4-6-10(7-5-9)19-12-11(16)8-17-13(15)18-12/h4-8H,16H2,1-3H3. The second kappa shape index (κ2) is 5.05. The molecule has 4 nitrogen and oxygen atoms in total. The number of rotatable bonds is 2. The van der Waals surface area contributed by atoms with Gasteiger partial charge in [-0.05, 0) is 34.7 Å². The van der Waals surface area contributed by atoms with E-state index in [1.54, 1.807) is 0 Å². The first-order chi connectivity index (χ1) is 8.86. The first-order valence-electron chi connectivity index (χ1n) is 5.92. The molecule has 1 heterocycles. The lowest BCUT2D eigenvalue weighted by Crippen LogP contribution is -2.10. The Bertz CT molecular complexity index is 576. The van der Waals surface area contributed by atoms with Gasteiger partial charge in [0.2, 0.25) is 11.2 Å². The van der Waals surface area contributed by atoms with Gasteiger partial charge in [-0.25, -0.2) is 4.98 Å². The normalized spacial score (nSPS) is 11.4. The van der Waals surface area contributed by atoms with Crippen LogP contribution in [0, 0.1) is 0 Å². The number of aromatic nitrogens is 2. The second-order valence-electron chi connectivity index (χ2n) is 5.28. The summed E-state index contributed by atoms with van der Waals surface area (Å²) in [6, 6.07) is 7.81. The van der Waals surface area contributed by atoms with E-state index in [2.05, 4.69) is 30.7 Å². The van der Waals surface area contributed by atoms with Crippen LogP contribution in [0.25, 0.3) is 0 Å². The zero-order valence-corrected chi connectivity index (χ0v) is 11.9. The van der Waals surface area contributed by atoms with Crippen molar-refractivity contribution in [1.29, 1.82) is 0 Å². The van der Waals surface area contributed by atoms with Crippen LogP contribution >= 0.6 is 11.6 Å². The molecule has 2 aromatic rings. The minimum atomic E-state index is 0.107. The highest BCUT2D eigenvalue weighted by Gasteiger charge is 2.13. The molecule has 5 heteroatoms. The lowest BCUT2D eigenvalue weighted by molar-refractivity contribution is 0.463. The van der Waals surface area contributed by atoms with E-state index < -0.39 is 0 Å². The van der Waals surface area contributed by atoms with Gasteiger partial charge in [-0.1, -0.05) is 32.9 Å². The molecule has 0 atom stereocenters. The minimum absolute atomic E-state index is 0.107. The van der Waals surface area contributed by atoms with Crippen molar-refractivity contribution in [3.8, 4) is 11.6 Å². The number of halogens is 1. The van der Waals surface area contributed by atoms with Crippen LogP contribution in [-0.2, 0) is 5.41 Å². The molecule has 100 valence electrons. The molecule has 1 aromatic heterocycles. The Morgan fingerprint density at radius 2 is 1.79 bits per heavy atom. The smallest absolute Gasteiger partial charge is 0.247 e. The van der Waals surface area contributed by atoms with Gasteiger partial charge in [-0.2, -0.15) is 4.98 Å². The van der Waals surface area contributed by atoms with E-state index in [9.17, 15) is 0 Å². The van der Waals surface area contributed by atoms with Gasteiger partial charge in [0.1, 0.15) is 11.4 Å². The molecule has 0 unspecified atom stereocenters. The number of hydrogen-bond acceptors (Lipinski definition) is 4. The molecule has 0 aliphatic rings. The van der Waals surface area contributed by atoms with Crippen molar-refractivity contribution in [1.82, 2.24) is 9.97 Å². The van der Waals surface area contributed by atoms with Gasteiger partial charge in [0, 0.05) is 0 Å². The summed E-state index contributed by atoms with van der Waals surface area (Å²) in [5, 5.41) is 0.107. The van der Waals surface area contributed by atoms with Crippen molar-refractivity contribution in [3.63, 3.8) is 0 Å². The summed E-state index contributed by atoms with van der Waals surface area (Å²) >= 11 is 5.71. The van der Waals surface area contributed by atoms with Crippen LogP contribution in [0.1, 0.15) is 26.3 Å². The van der Waals surface area contributed by atoms with Gasteiger partial charge < -0.3 is 10.5 Å². The number of benzene rings is 1. The maximum atomic E-state index is 5.73. The van der Waals surface area contributed by atoms with Crippen LogP contribution in [-0.4, -0.2) is 9.97 Å². The minimum Gasteiger partial charge on any atom is -0.437 e. The Hall–Kier alpha value is -1.81. The molecule has 0 aliphatic heterocycles. The summed E-state index contributed by atoms with van der Waals surface area (Å²) in [7, 11) is 0. The fourth-order valence-corrected chi connectivity index (χ4v) is 1.70. The molecule has 0 amide bonds. The highest BCUT2D eigenvalue weighted by atomic mass is 35.5. The van der Waals surface area contributed by atoms with Crippen LogP contribution in [0.5, 0.6) is 11.6 Å². The zero-order valence-electron chi connectivity index (χ0n) is 11.1. The Balaban J connectivity index is 2.22. The first-order valence-corrected chi connectivity index (χ1v) is 6.30. The van der Waals surface area contributed by atoms with Crippen molar-refractivity contribution in [3.05, 3.63) is 41.3 Å². The summed E-state index contributed by atoms with van der Waals surface area (Å²) in [6.07, 6.45) is 1.42. The second-order valence-corrected chi connectivity index (χ2v) is 5.61. The molecule has 0 radical (unpaired) electrons. The molecule has 0 saturated carbocycles. The molecule has 2 rings (SSSR count). The van der Waals surface area contributed by atoms with Gasteiger partial charge in [0.25, 0.3) is 0 Å². The van der Waals surface area contributed by atoms with Crippen molar-refractivity contribution in [2.75, 3.05) is 5.73 Å². The highest BCUT2D eigenvalue weighted by molar-refractivity contribution is 6.28. The molecule has 0 bridgehead atoms. The fraction of sp³-hybridized carbons (Fsp3) is 0.286. The molecular formula is C14H16ClN3O. The molecule has 0 aliphatic carbocycles. The number of ether oxygens (including phenoxy) is 1. The number of nitrogens with zero attached hydrogens (tertiary/aromatic N) is 2. The van der Waals surface area contributed by atoms with Crippen molar-refractivity contribution in [2.45, 2.75) is 26.2 Å². The molecule has 0 fully saturated rings. The van der Waals surface area contributed by atoms with Crippen LogP contribution in [0.3, 0.4) is 0 Å². The van der Waals surface area contributed by atoms with Crippen LogP contribution in [0.15, 0.2) is 30.5 Å². The van der Waals surface area contributed by atoms with Crippen molar-refractivity contribution >= 4 is 17.3 Å². The van der Waals surface area contributed by atoms with E-state index in [1.165, 1.54) is 11.8 Å². The maximum Gasteiger partial charge on any atom is 0.247 e. The zero-order chi connectivity index (χ0) is 14.0. The number of anilines is 1. The van der Waals surface area contributed by atoms with E-state index in [0.29, 0.717) is 11.4 Å². The Labute approximate surface area is 117 Å². The van der Waals surface area contributed by atoms with Gasteiger partial charge in [-0.15, -0.1) is 0 Å². The monoisotopic (exact) mass is 277 g/mol. The SMILES string of the molecule is CC(C)(C)c1ccc(Oc2nc(Cl)ncc2N)cc1. The van der Waals surface area contributed by atoms with E-state index in [0.717, 1.165) is 0 Å². The third-order valence-electron chi connectivity index (χ3n) is 2.69. The summed E-state index contributed by atoms with van der Waals surface area (Å²) in [5.74, 6) is 0.929. The Morgan fingerprint density at radius 1 is 1.16 bits per heavy atom. The van der Waals surface area contributed by atoms with Gasteiger partial charge in [0.15, 0.2) is 0 Å². The summed E-state index contributed by atoms with van der Waals surface area (Å²) in [4.78, 5) is 7.72. The van der Waals surface area contributed by atoms with Crippen molar-refractivity contribution in [2.24, 2.45) is 0 Å². The predicted molar refractivity (Wildman–Crippen MR) is 76.7 cm³/mol. The Morgan fingerprint density at radius 3 is 2.37 bits per heavy atom. The third kappa shape index (κ3) is 3.35. The van der Waals surface area contributed by atoms with Gasteiger partial charge in [-0.3, -0.25) is 0 Å². The summed E-state index contributed by atoms with van der Waals surface area (Å²) < 4.78 is 5.60. The molecular weight excluding hydrogens is 262 g/mol. The average Bonchev–Trinajstić information content (AvgIpc) is 2.33. The molecule has 0 spiro atoms. The van der Waals surface area contributed by atoms with Crippen molar-refractivity contribution < 1.29 is 4.74 Å². The molecule has 1 aromatic carbocycles. The average molecular weight is 278 g/mol. The summed E-state index contributed by atoms with van der Waals surface area (Å²) in [5.41, 5.74) is 7.42. The van der Waals surface area contributed by atoms with Gasteiger partial charge >= 0.3 is 0 Å². The number of hydrogen-bond donors (Lipinski definition) is 1. The third-order valence-corrected chi connectivity index (χ3v) is 2.87. The van der Waals surface area contributed by atoms with E-state index in [1.807, 2.05) is 24.3 Å². The molecule has 2 N–H and O–H groups in total. The molecule has 0 saturated heterocycles. The van der Waals surface area contributed by atoms with Crippen LogP contribution in [0.4, 0.5) is 5.69 Å². The molecule has 19 heavy (non-hydrogen) atoms. The first kappa shape index (κ1) is 13.6. The Kier molecular flexibility index (Phi) is 3.62. The van der Waals surface area contributed by atoms with Gasteiger partial charge in [0.05, 0.1) is 6.20 Å². The summed E-state index contributed by atoms with van der Waals surface area (Å²) in [6.45, 7) is 6.47. The van der Waals surface area contributed by atoms with Crippen LogP contribution in [0.2, 0.25) is 5.28 Å². The van der Waals surface area contributed by atoms with E-state index in [-0.39, 0.29) is 16.6 Å². The highest BCUT2D eigenvalue weighted by Crippen LogP contribution is 2.28. The fourth-order valence-electron chi connectivity index (χ4n) is 1.57. The van der Waals surface area contributed by atoms with E-state index >= 15 is 0 Å². The number of nitrogens with two attached hydrogens (primary N) is 1. The lowest BCUT2D eigenvalue weighted by atomic mass is 9.87. The van der Waals surface area contributed by atoms with Crippen LogP contribution < -0.4 is 10.5 Å².